The van der Waals surface area contributed by atoms with Crippen molar-refractivity contribution in [2.75, 3.05) is 19.5 Å². The van der Waals surface area contributed by atoms with E-state index in [1.165, 1.54) is 18.2 Å². The molecule has 5 heteroatoms. The molecule has 0 aliphatic heterocycles. The molecule has 0 N–H and O–H groups in total. The Morgan fingerprint density at radius 3 is 2.69 bits per heavy atom. The van der Waals surface area contributed by atoms with E-state index in [0.29, 0.717) is 19.4 Å². The van der Waals surface area contributed by atoms with Gasteiger partial charge in [0.15, 0.2) is 9.84 Å². The molecule has 1 aromatic carbocycles. The lowest BCUT2D eigenvalue weighted by molar-refractivity contribution is 0.194. The molecule has 0 heterocycles. The average molecular weight is 246 g/mol. The Morgan fingerprint density at radius 1 is 1.31 bits per heavy atom. The fourth-order valence-corrected chi connectivity index (χ4v) is 2.71. The van der Waals surface area contributed by atoms with Gasteiger partial charge in [-0.15, -0.1) is 0 Å². The second kappa shape index (κ2) is 5.96. The number of unbranched alkanes of at least 4 members (excludes halogenated alkanes) is 1. The van der Waals surface area contributed by atoms with Gasteiger partial charge in [0, 0.05) is 13.7 Å². The molecule has 0 atom stereocenters. The molecule has 0 radical (unpaired) electrons. The van der Waals surface area contributed by atoms with Crippen molar-refractivity contribution < 1.29 is 17.5 Å². The summed E-state index contributed by atoms with van der Waals surface area (Å²) in [5, 5.41) is 0. The minimum absolute atomic E-state index is 0.0276. The third-order valence-corrected chi connectivity index (χ3v) is 3.97. The van der Waals surface area contributed by atoms with Crippen LogP contribution in [0.3, 0.4) is 0 Å². The van der Waals surface area contributed by atoms with E-state index in [4.69, 9.17) is 4.74 Å². The molecule has 1 aromatic rings. The van der Waals surface area contributed by atoms with Crippen LogP contribution in [0.15, 0.2) is 29.2 Å². The predicted octanol–water partition coefficient (Wildman–Crippen LogP) is 2.03. The van der Waals surface area contributed by atoms with E-state index < -0.39 is 15.7 Å². The van der Waals surface area contributed by atoms with Crippen molar-refractivity contribution in [2.24, 2.45) is 0 Å². The first kappa shape index (κ1) is 13.1. The minimum Gasteiger partial charge on any atom is -0.385 e. The molecular weight excluding hydrogens is 231 g/mol. The van der Waals surface area contributed by atoms with Gasteiger partial charge in [-0.3, -0.25) is 0 Å². The number of hydrogen-bond donors (Lipinski definition) is 0. The van der Waals surface area contributed by atoms with E-state index in [-0.39, 0.29) is 10.6 Å². The van der Waals surface area contributed by atoms with Crippen molar-refractivity contribution >= 4 is 9.84 Å². The zero-order valence-electron chi connectivity index (χ0n) is 9.15. The third kappa shape index (κ3) is 3.90. The fourth-order valence-electron chi connectivity index (χ4n) is 1.32. The number of sulfone groups is 1. The molecule has 0 aliphatic rings. The van der Waals surface area contributed by atoms with Crippen molar-refractivity contribution in [3.05, 3.63) is 30.1 Å². The molecule has 0 unspecified atom stereocenters. The van der Waals surface area contributed by atoms with Gasteiger partial charge in [0.25, 0.3) is 0 Å². The largest absolute Gasteiger partial charge is 0.385 e. The molecule has 0 saturated heterocycles. The van der Waals surface area contributed by atoms with Gasteiger partial charge in [-0.1, -0.05) is 6.07 Å². The van der Waals surface area contributed by atoms with Crippen molar-refractivity contribution in [2.45, 2.75) is 17.7 Å². The molecule has 0 aliphatic carbocycles. The molecule has 16 heavy (non-hydrogen) atoms. The van der Waals surface area contributed by atoms with Crippen LogP contribution in [0.5, 0.6) is 0 Å². The van der Waals surface area contributed by atoms with Gasteiger partial charge in [-0.05, 0) is 31.0 Å². The summed E-state index contributed by atoms with van der Waals surface area (Å²) in [4.78, 5) is 0.0462. The highest BCUT2D eigenvalue weighted by molar-refractivity contribution is 7.91. The normalized spacial score (nSPS) is 11.6. The minimum atomic E-state index is -3.36. The number of benzene rings is 1. The Kier molecular flexibility index (Phi) is 4.89. The number of halogens is 1. The van der Waals surface area contributed by atoms with Crippen LogP contribution in [-0.2, 0) is 14.6 Å². The summed E-state index contributed by atoms with van der Waals surface area (Å²) in [5.41, 5.74) is 0. The Labute approximate surface area is 95.2 Å². The first-order chi connectivity index (χ1) is 7.56. The van der Waals surface area contributed by atoms with Gasteiger partial charge >= 0.3 is 0 Å². The van der Waals surface area contributed by atoms with E-state index in [9.17, 15) is 12.8 Å². The molecule has 0 spiro atoms. The summed E-state index contributed by atoms with van der Waals surface area (Å²) in [6.45, 7) is 0.540. The number of ether oxygens (including phenoxy) is 1. The lowest BCUT2D eigenvalue weighted by atomic mass is 10.3. The van der Waals surface area contributed by atoms with Crippen molar-refractivity contribution in [1.29, 1.82) is 0 Å². The zero-order chi connectivity index (χ0) is 12.0. The number of methoxy groups -OCH3 is 1. The lowest BCUT2D eigenvalue weighted by Gasteiger charge is -2.04. The molecule has 1 rings (SSSR count). The van der Waals surface area contributed by atoms with E-state index in [1.54, 1.807) is 7.11 Å². The van der Waals surface area contributed by atoms with Crippen LogP contribution in [0.25, 0.3) is 0 Å². The Hall–Kier alpha value is -0.940. The Morgan fingerprint density at radius 2 is 2.06 bits per heavy atom. The van der Waals surface area contributed by atoms with Crippen LogP contribution in [-0.4, -0.2) is 27.9 Å². The summed E-state index contributed by atoms with van der Waals surface area (Å²) >= 11 is 0. The molecule has 0 bridgehead atoms. The van der Waals surface area contributed by atoms with Gasteiger partial charge in [0.05, 0.1) is 10.6 Å². The maximum Gasteiger partial charge on any atom is 0.178 e. The molecular formula is C11H15FO3S. The van der Waals surface area contributed by atoms with Gasteiger partial charge < -0.3 is 4.74 Å². The summed E-state index contributed by atoms with van der Waals surface area (Å²) in [5.74, 6) is -0.502. The van der Waals surface area contributed by atoms with Crippen LogP contribution in [0, 0.1) is 5.82 Å². The maximum atomic E-state index is 12.9. The van der Waals surface area contributed by atoms with E-state index in [1.807, 2.05) is 0 Å². The SMILES string of the molecule is COCCCCS(=O)(=O)c1cccc(F)c1. The van der Waals surface area contributed by atoms with Crippen molar-refractivity contribution in [3.63, 3.8) is 0 Å². The Balaban J connectivity index is 2.64. The highest BCUT2D eigenvalue weighted by Gasteiger charge is 2.14. The van der Waals surface area contributed by atoms with Crippen LogP contribution in [0.4, 0.5) is 4.39 Å². The quantitative estimate of drug-likeness (QED) is 0.721. The maximum absolute atomic E-state index is 12.9. The summed E-state index contributed by atoms with van der Waals surface area (Å²) in [7, 11) is -1.79. The smallest absolute Gasteiger partial charge is 0.178 e. The highest BCUT2D eigenvalue weighted by atomic mass is 32.2. The molecule has 0 fully saturated rings. The van der Waals surface area contributed by atoms with Crippen molar-refractivity contribution in [3.8, 4) is 0 Å². The topological polar surface area (TPSA) is 43.4 Å². The summed E-state index contributed by atoms with van der Waals surface area (Å²) in [6, 6.07) is 5.09. The monoisotopic (exact) mass is 246 g/mol. The predicted molar refractivity (Wildman–Crippen MR) is 59.6 cm³/mol. The van der Waals surface area contributed by atoms with Crippen LogP contribution in [0.1, 0.15) is 12.8 Å². The summed E-state index contributed by atoms with van der Waals surface area (Å²) in [6.07, 6.45) is 1.21. The second-order valence-electron chi connectivity index (χ2n) is 3.48. The van der Waals surface area contributed by atoms with Gasteiger partial charge in [-0.25, -0.2) is 12.8 Å². The van der Waals surface area contributed by atoms with E-state index in [0.717, 1.165) is 6.07 Å². The van der Waals surface area contributed by atoms with Crippen LogP contribution < -0.4 is 0 Å². The third-order valence-electron chi connectivity index (χ3n) is 2.17. The fraction of sp³-hybridized carbons (Fsp3) is 0.455. The van der Waals surface area contributed by atoms with Crippen LogP contribution in [0.2, 0.25) is 0 Å². The molecule has 0 saturated carbocycles. The van der Waals surface area contributed by atoms with Crippen LogP contribution >= 0.6 is 0 Å². The van der Waals surface area contributed by atoms with Crippen molar-refractivity contribution in [1.82, 2.24) is 0 Å². The number of rotatable bonds is 6. The summed E-state index contributed by atoms with van der Waals surface area (Å²) < 4.78 is 41.2. The van der Waals surface area contributed by atoms with E-state index >= 15 is 0 Å². The first-order valence-electron chi connectivity index (χ1n) is 5.03. The standard InChI is InChI=1S/C11H15FO3S/c1-15-7-2-3-8-16(13,14)11-6-4-5-10(12)9-11/h4-6,9H,2-3,7-8H2,1H3. The molecule has 0 amide bonds. The molecule has 90 valence electrons. The van der Waals surface area contributed by atoms with Gasteiger partial charge in [0.1, 0.15) is 5.82 Å². The Bertz CT molecular complexity index is 429. The number of hydrogen-bond acceptors (Lipinski definition) is 3. The molecule has 3 nitrogen and oxygen atoms in total. The second-order valence-corrected chi connectivity index (χ2v) is 5.59. The van der Waals surface area contributed by atoms with Gasteiger partial charge in [0.2, 0.25) is 0 Å². The van der Waals surface area contributed by atoms with E-state index in [2.05, 4.69) is 0 Å². The lowest BCUT2D eigenvalue weighted by Crippen LogP contribution is -2.07. The zero-order valence-corrected chi connectivity index (χ0v) is 9.97. The van der Waals surface area contributed by atoms with Gasteiger partial charge in [-0.2, -0.15) is 0 Å². The average Bonchev–Trinajstić information content (AvgIpc) is 2.24. The first-order valence-corrected chi connectivity index (χ1v) is 6.69. The molecule has 0 aromatic heterocycles. The highest BCUT2D eigenvalue weighted by Crippen LogP contribution is 2.13.